The van der Waals surface area contributed by atoms with E-state index in [9.17, 15) is 9.59 Å². The predicted octanol–water partition coefficient (Wildman–Crippen LogP) is 16.3. The first kappa shape index (κ1) is 72.4. The van der Waals surface area contributed by atoms with Crippen molar-refractivity contribution in [2.75, 3.05) is 7.11 Å². The lowest BCUT2D eigenvalue weighted by molar-refractivity contribution is -0.266. The van der Waals surface area contributed by atoms with Gasteiger partial charge in [-0.1, -0.05) is 134 Å². The maximum atomic E-state index is 15.1. The molecule has 4 fully saturated rings. The fourth-order valence-corrected chi connectivity index (χ4v) is 16.4. The van der Waals surface area contributed by atoms with Gasteiger partial charge in [0.05, 0.1) is 54.4 Å². The van der Waals surface area contributed by atoms with Crippen LogP contribution in [0.2, 0.25) is 54.4 Å². The number of esters is 2. The lowest BCUT2D eigenvalue weighted by Gasteiger charge is -2.56. The lowest BCUT2D eigenvalue weighted by Crippen LogP contribution is -2.69. The van der Waals surface area contributed by atoms with E-state index in [4.69, 9.17) is 46.4 Å². The molecular weight excluding hydrogens is 1130 g/mol. The van der Waals surface area contributed by atoms with Gasteiger partial charge >= 0.3 is 11.9 Å². The lowest BCUT2D eigenvalue weighted by atomic mass is 9.81. The first-order valence-corrected chi connectivity index (χ1v) is 41.7. The van der Waals surface area contributed by atoms with Gasteiger partial charge in [0, 0.05) is 39.2 Å². The van der Waals surface area contributed by atoms with Gasteiger partial charge in [0.15, 0.2) is 25.0 Å². The average Bonchev–Trinajstić information content (AvgIpc) is 1.16. The standard InChI is InChI=1S/C70H118O13Si3/c1-24-44(2)39-61-62(74-17)55-42-51(72)41-54-34-36-57-63(77-54)65(82-85(20,21)69(11,12)13)66(83-86(22,23)70(14,15)16)64(80-57)58(81-84(18,19)68(8,9)10)37-33-52(78-67(73)50-28-26-25-27-29-50)31-32-53-40-47(5)56(76-53)35-30-45(3)38-46(4)48(6)59(75-49(7)71)43-60(55)79-61/h25-29,33,37,44-46,52-66H,5-6,24,30-32,34-36,38-43H2,1-4,7-23H3/b37-33+/t44?,45-,46-,52?,53?,54-,55?,56+,57+,58+,59-,60+,61-,62-,63+,64+,65+,66-/m1/s1. The highest BCUT2D eigenvalue weighted by Crippen LogP contribution is 2.48. The Balaban J connectivity index is 1.50. The Bertz CT molecular complexity index is 2440. The highest BCUT2D eigenvalue weighted by atomic mass is 28.4. The molecule has 488 valence electrons. The molecular formula is C70H118O13Si3. The fraction of sp³-hybridized carbons (Fsp3) is 0.786. The molecule has 1 aromatic carbocycles. The van der Waals surface area contributed by atoms with Crippen LogP contribution in [-0.2, 0) is 56.0 Å². The van der Waals surface area contributed by atoms with Crippen molar-refractivity contribution in [3.8, 4) is 0 Å². The largest absolute Gasteiger partial charge is 0.458 e. The van der Waals surface area contributed by atoms with E-state index in [1.165, 1.54) is 6.92 Å². The summed E-state index contributed by atoms with van der Waals surface area (Å²) in [6, 6.07) is 9.18. The molecule has 16 heteroatoms. The zero-order valence-corrected chi connectivity index (χ0v) is 60.3. The van der Waals surface area contributed by atoms with Crippen molar-refractivity contribution in [3.63, 3.8) is 0 Å². The molecule has 18 atom stereocenters. The van der Waals surface area contributed by atoms with Crippen LogP contribution in [0.15, 0.2) is 66.8 Å². The smallest absolute Gasteiger partial charge is 0.338 e. The summed E-state index contributed by atoms with van der Waals surface area (Å²) in [6.07, 6.45) is 5.92. The molecule has 0 amide bonds. The van der Waals surface area contributed by atoms with E-state index >= 15 is 4.79 Å². The number of Topliss-reactive ketones (excluding diaryl/α,β-unsaturated/α-hetero) is 1. The van der Waals surface area contributed by atoms with Gasteiger partial charge in [-0.3, -0.25) is 9.59 Å². The van der Waals surface area contributed by atoms with Crippen molar-refractivity contribution >= 4 is 42.7 Å². The Morgan fingerprint density at radius 1 is 0.663 bits per heavy atom. The number of ether oxygens (including phenoxy) is 7. The van der Waals surface area contributed by atoms with Gasteiger partial charge in [-0.2, -0.15) is 0 Å². The molecule has 6 aliphatic heterocycles. The highest BCUT2D eigenvalue weighted by Gasteiger charge is 2.58. The van der Waals surface area contributed by atoms with Gasteiger partial charge in [0.1, 0.15) is 42.4 Å². The summed E-state index contributed by atoms with van der Waals surface area (Å²) in [5.41, 5.74) is 2.40. The Morgan fingerprint density at radius 2 is 1.24 bits per heavy atom. The van der Waals surface area contributed by atoms with Crippen LogP contribution in [0.25, 0.3) is 0 Å². The molecule has 6 bridgehead atoms. The maximum Gasteiger partial charge on any atom is 0.338 e. The molecule has 1 aromatic rings. The molecule has 6 heterocycles. The zero-order chi connectivity index (χ0) is 64.1. The molecule has 6 aliphatic rings. The number of rotatable bonds is 13. The summed E-state index contributed by atoms with van der Waals surface area (Å²) >= 11 is 0. The van der Waals surface area contributed by atoms with Crippen molar-refractivity contribution in [1.29, 1.82) is 0 Å². The molecule has 4 unspecified atom stereocenters. The Morgan fingerprint density at radius 3 is 1.83 bits per heavy atom. The van der Waals surface area contributed by atoms with Crippen LogP contribution in [0.4, 0.5) is 0 Å². The molecule has 13 nitrogen and oxygen atoms in total. The molecule has 7 rings (SSSR count). The van der Waals surface area contributed by atoms with E-state index in [-0.39, 0.29) is 76.0 Å². The van der Waals surface area contributed by atoms with Gasteiger partial charge in [0.2, 0.25) is 0 Å². The number of hydrogen-bond acceptors (Lipinski definition) is 13. The zero-order valence-electron chi connectivity index (χ0n) is 57.3. The minimum Gasteiger partial charge on any atom is -0.458 e. The van der Waals surface area contributed by atoms with Crippen LogP contribution in [0.1, 0.15) is 191 Å². The number of carbonyl (C=O) groups excluding carboxylic acids is 3. The van der Waals surface area contributed by atoms with Crippen molar-refractivity contribution in [2.24, 2.45) is 23.7 Å². The number of fused-ring (bicyclic) bond motifs is 15. The molecule has 0 N–H and O–H groups in total. The van der Waals surface area contributed by atoms with Crippen LogP contribution >= 0.6 is 0 Å². The quantitative estimate of drug-likeness (QED) is 0.105. The van der Waals surface area contributed by atoms with Crippen LogP contribution in [0.3, 0.4) is 0 Å². The Hall–Kier alpha value is -2.62. The van der Waals surface area contributed by atoms with Crippen LogP contribution in [0, 0.1) is 23.7 Å². The van der Waals surface area contributed by atoms with Gasteiger partial charge in [-0.05, 0) is 159 Å². The third-order valence-corrected chi connectivity index (χ3v) is 34.7. The maximum absolute atomic E-state index is 15.1. The third-order valence-electron chi connectivity index (χ3n) is 21.3. The van der Waals surface area contributed by atoms with Crippen molar-refractivity contribution < 1.29 is 60.8 Å². The topological polar surface area (TPSA) is 144 Å². The molecule has 0 aromatic heterocycles. The van der Waals surface area contributed by atoms with Crippen molar-refractivity contribution in [2.45, 2.75) is 320 Å². The van der Waals surface area contributed by atoms with Crippen molar-refractivity contribution in [3.05, 3.63) is 72.4 Å². The Kier molecular flexibility index (Phi) is 25.1. The second kappa shape index (κ2) is 29.8. The van der Waals surface area contributed by atoms with Gasteiger partial charge in [0.25, 0.3) is 0 Å². The molecule has 0 radical (unpaired) electrons. The number of ketones is 1. The number of benzene rings is 1. The second-order valence-electron chi connectivity index (χ2n) is 31.3. The van der Waals surface area contributed by atoms with Crippen LogP contribution in [0.5, 0.6) is 0 Å². The summed E-state index contributed by atoms with van der Waals surface area (Å²) in [5, 5.41) is -0.548. The first-order chi connectivity index (χ1) is 39.8. The van der Waals surface area contributed by atoms with E-state index in [0.717, 1.165) is 49.7 Å². The average molecular weight is 1250 g/mol. The molecule has 0 saturated carbocycles. The number of methoxy groups -OCH3 is 1. The van der Waals surface area contributed by atoms with E-state index in [0.29, 0.717) is 49.5 Å². The minimum atomic E-state index is -2.65. The SMILES string of the molecule is C=C1CC2CCC(OC(=O)c3ccccc3)/C=C/[C@H](O[Si](C)(C)C(C)(C)C)[C@@H]3O[C@H]4CC[C@H](CC(=O)CC5[C@H](C[C@@H](OC(C)=O)C(=C)[C@H](C)C[C@H](C)CC[C@@H]1O2)O[C@H](CC(C)CC)[C@@H]5OC)O[C@@H]4[C@H](O[Si](C)(C)C(C)(C)C)[C@@H]3O[Si](C)(C)C(C)(C)C. The number of carbonyl (C=O) groups is 3. The van der Waals surface area contributed by atoms with Gasteiger partial charge in [-0.25, -0.2) is 4.79 Å². The third kappa shape index (κ3) is 18.8. The molecule has 0 spiro atoms. The number of hydrogen-bond donors (Lipinski definition) is 0. The molecule has 0 aliphatic carbocycles. The van der Waals surface area contributed by atoms with Crippen LogP contribution in [-0.4, -0.2) is 135 Å². The van der Waals surface area contributed by atoms with Crippen molar-refractivity contribution in [1.82, 2.24) is 0 Å². The summed E-state index contributed by atoms with van der Waals surface area (Å²) < 4.78 is 71.2. The summed E-state index contributed by atoms with van der Waals surface area (Å²) in [6.45, 7) is 53.4. The van der Waals surface area contributed by atoms with E-state index in [2.05, 4.69) is 149 Å². The second-order valence-corrected chi connectivity index (χ2v) is 45.6. The molecule has 86 heavy (non-hydrogen) atoms. The normalized spacial score (nSPS) is 34.5. The minimum absolute atomic E-state index is 0.0235. The van der Waals surface area contributed by atoms with Gasteiger partial charge in [-0.15, -0.1) is 0 Å². The summed E-state index contributed by atoms with van der Waals surface area (Å²) in [7, 11) is -6.14. The van der Waals surface area contributed by atoms with E-state index in [1.807, 2.05) is 24.3 Å². The van der Waals surface area contributed by atoms with Gasteiger partial charge < -0.3 is 46.4 Å². The Labute approximate surface area is 524 Å². The molecule has 4 saturated heterocycles. The monoisotopic (exact) mass is 1250 g/mol. The predicted molar refractivity (Wildman–Crippen MR) is 352 cm³/mol. The fourth-order valence-electron chi connectivity index (χ4n) is 12.6. The summed E-state index contributed by atoms with van der Waals surface area (Å²) in [4.78, 5) is 42.2. The first-order valence-electron chi connectivity index (χ1n) is 33.0. The van der Waals surface area contributed by atoms with E-state index < -0.39 is 92.0 Å². The summed E-state index contributed by atoms with van der Waals surface area (Å²) in [5.74, 6) is -0.313. The van der Waals surface area contributed by atoms with E-state index in [1.54, 1.807) is 19.2 Å². The van der Waals surface area contributed by atoms with Crippen LogP contribution < -0.4 is 0 Å². The highest BCUT2D eigenvalue weighted by molar-refractivity contribution is 6.75.